The van der Waals surface area contributed by atoms with Gasteiger partial charge in [-0.05, 0) is 33.6 Å². The second-order valence-corrected chi connectivity index (χ2v) is 3.52. The number of hydrogen-bond acceptors (Lipinski definition) is 3. The summed E-state index contributed by atoms with van der Waals surface area (Å²) < 4.78 is 13.2. The number of hydrogen-bond donors (Lipinski definition) is 1. The Morgan fingerprint density at radius 2 is 2.19 bits per heavy atom. The van der Waals surface area contributed by atoms with Gasteiger partial charge in [0.1, 0.15) is 0 Å². The van der Waals surface area contributed by atoms with E-state index in [4.69, 9.17) is 5.11 Å². The summed E-state index contributed by atoms with van der Waals surface area (Å²) in [5.41, 5.74) is -0.454. The first kappa shape index (κ1) is 12.3. The summed E-state index contributed by atoms with van der Waals surface area (Å²) in [6.07, 6.45) is 1.95. The minimum Gasteiger partial charge on any atom is -0.478 e. The Balaban J connectivity index is 3.22. The molecule has 0 saturated heterocycles. The maximum Gasteiger partial charge on any atom is 0.328 e. The van der Waals surface area contributed by atoms with Crippen molar-refractivity contribution in [3.8, 4) is 0 Å². The predicted octanol–water partition coefficient (Wildman–Crippen LogP) is 2.59. The molecule has 0 bridgehead atoms. The molecule has 0 amide bonds. The van der Waals surface area contributed by atoms with E-state index in [1.807, 2.05) is 0 Å². The van der Waals surface area contributed by atoms with Crippen LogP contribution in [0.2, 0.25) is 0 Å². The number of benzene rings is 1. The van der Waals surface area contributed by atoms with Crippen molar-refractivity contribution in [3.05, 3.63) is 44.2 Å². The predicted molar refractivity (Wildman–Crippen MR) is 57.4 cm³/mol. The van der Waals surface area contributed by atoms with Crippen molar-refractivity contribution in [2.24, 2.45) is 0 Å². The van der Waals surface area contributed by atoms with Gasteiger partial charge in [-0.3, -0.25) is 10.1 Å². The van der Waals surface area contributed by atoms with E-state index in [0.29, 0.717) is 0 Å². The number of rotatable bonds is 3. The topological polar surface area (TPSA) is 80.4 Å². The third-order valence-corrected chi connectivity index (χ3v) is 2.50. The Morgan fingerprint density at radius 1 is 1.56 bits per heavy atom. The first-order valence-electron chi connectivity index (χ1n) is 3.97. The third-order valence-electron chi connectivity index (χ3n) is 1.69. The highest BCUT2D eigenvalue weighted by atomic mass is 79.9. The third kappa shape index (κ3) is 2.63. The van der Waals surface area contributed by atoms with Crippen molar-refractivity contribution in [2.75, 3.05) is 0 Å². The lowest BCUT2D eigenvalue weighted by Gasteiger charge is -2.00. The van der Waals surface area contributed by atoms with Crippen molar-refractivity contribution < 1.29 is 19.2 Å². The van der Waals surface area contributed by atoms with E-state index < -0.39 is 22.4 Å². The largest absolute Gasteiger partial charge is 0.478 e. The summed E-state index contributed by atoms with van der Waals surface area (Å²) in [7, 11) is 0. The van der Waals surface area contributed by atoms with Crippen LogP contribution in [0.3, 0.4) is 0 Å². The average molecular weight is 290 g/mol. The van der Waals surface area contributed by atoms with Gasteiger partial charge in [-0.15, -0.1) is 0 Å². The molecule has 7 heteroatoms. The summed E-state index contributed by atoms with van der Waals surface area (Å²) >= 11 is 2.83. The lowest BCUT2D eigenvalue weighted by molar-refractivity contribution is -0.387. The molecule has 5 nitrogen and oxygen atoms in total. The highest BCUT2D eigenvalue weighted by molar-refractivity contribution is 9.10. The normalized spacial score (nSPS) is 10.6. The highest BCUT2D eigenvalue weighted by Crippen LogP contribution is 2.29. The van der Waals surface area contributed by atoms with Crippen LogP contribution >= 0.6 is 15.9 Å². The van der Waals surface area contributed by atoms with Crippen LogP contribution in [0.4, 0.5) is 10.1 Å². The first-order valence-corrected chi connectivity index (χ1v) is 4.76. The van der Waals surface area contributed by atoms with Gasteiger partial charge in [0.15, 0.2) is 0 Å². The van der Waals surface area contributed by atoms with Gasteiger partial charge >= 0.3 is 11.7 Å². The molecule has 84 valence electrons. The van der Waals surface area contributed by atoms with Crippen LogP contribution in [0.5, 0.6) is 0 Å². The fourth-order valence-corrected chi connectivity index (χ4v) is 1.45. The van der Waals surface area contributed by atoms with Crippen molar-refractivity contribution in [3.63, 3.8) is 0 Å². The second kappa shape index (κ2) is 4.84. The number of nitrogens with zero attached hydrogens (tertiary/aromatic N) is 1. The first-order chi connectivity index (χ1) is 7.43. The zero-order chi connectivity index (χ0) is 12.3. The Labute approximate surface area is 97.5 Å². The number of nitro groups is 1. The molecular weight excluding hydrogens is 285 g/mol. The van der Waals surface area contributed by atoms with Crippen LogP contribution in [-0.4, -0.2) is 16.0 Å². The molecule has 0 aromatic heterocycles. The van der Waals surface area contributed by atoms with Crippen LogP contribution in [0.25, 0.3) is 6.08 Å². The number of halogens is 2. The van der Waals surface area contributed by atoms with E-state index >= 15 is 0 Å². The zero-order valence-electron chi connectivity index (χ0n) is 7.68. The summed E-state index contributed by atoms with van der Waals surface area (Å²) in [6, 6.07) is 2.23. The molecule has 0 radical (unpaired) electrons. The minimum absolute atomic E-state index is 0.140. The van der Waals surface area contributed by atoms with E-state index in [-0.39, 0.29) is 10.0 Å². The summed E-state index contributed by atoms with van der Waals surface area (Å²) in [4.78, 5) is 19.8. The molecule has 0 spiro atoms. The molecule has 0 saturated carbocycles. The molecule has 1 N–H and O–H groups in total. The zero-order valence-corrected chi connectivity index (χ0v) is 9.27. The SMILES string of the molecule is O=C(O)/C=C/c1ccc([N+](=O)[O-])c(F)c1Br. The van der Waals surface area contributed by atoms with E-state index in [1.165, 1.54) is 6.07 Å². The van der Waals surface area contributed by atoms with Crippen LogP contribution < -0.4 is 0 Å². The number of carboxylic acid groups (broad SMARTS) is 1. The maximum absolute atomic E-state index is 13.4. The van der Waals surface area contributed by atoms with Crippen molar-refractivity contribution in [1.82, 2.24) is 0 Å². The summed E-state index contributed by atoms with van der Waals surface area (Å²) in [5.74, 6) is -2.22. The monoisotopic (exact) mass is 289 g/mol. The van der Waals surface area contributed by atoms with E-state index in [0.717, 1.165) is 18.2 Å². The van der Waals surface area contributed by atoms with Crippen molar-refractivity contribution in [1.29, 1.82) is 0 Å². The smallest absolute Gasteiger partial charge is 0.328 e. The van der Waals surface area contributed by atoms with Gasteiger partial charge in [0.25, 0.3) is 0 Å². The van der Waals surface area contributed by atoms with Crippen LogP contribution in [0.1, 0.15) is 5.56 Å². The number of nitro benzene ring substituents is 1. The fourth-order valence-electron chi connectivity index (χ4n) is 0.985. The molecule has 0 unspecified atom stereocenters. The second-order valence-electron chi connectivity index (χ2n) is 2.73. The number of carbonyl (C=O) groups is 1. The number of aliphatic carboxylic acids is 1. The molecule has 1 aromatic rings. The Kier molecular flexibility index (Phi) is 3.73. The lowest BCUT2D eigenvalue weighted by atomic mass is 10.2. The van der Waals surface area contributed by atoms with Gasteiger partial charge in [-0.2, -0.15) is 4.39 Å². The highest BCUT2D eigenvalue weighted by Gasteiger charge is 2.18. The van der Waals surface area contributed by atoms with Gasteiger partial charge in [0.2, 0.25) is 5.82 Å². The number of carboxylic acids is 1. The molecule has 0 fully saturated rings. The van der Waals surface area contributed by atoms with Gasteiger partial charge in [0.05, 0.1) is 9.40 Å². The van der Waals surface area contributed by atoms with Crippen molar-refractivity contribution in [2.45, 2.75) is 0 Å². The Morgan fingerprint density at radius 3 is 2.69 bits per heavy atom. The quantitative estimate of drug-likeness (QED) is 0.527. The molecule has 16 heavy (non-hydrogen) atoms. The molecular formula is C9H5BrFNO4. The Hall–Kier alpha value is -1.76. The summed E-state index contributed by atoms with van der Waals surface area (Å²) in [6.45, 7) is 0. The van der Waals surface area contributed by atoms with Crippen LogP contribution in [-0.2, 0) is 4.79 Å². The fraction of sp³-hybridized carbons (Fsp3) is 0. The van der Waals surface area contributed by atoms with Crippen molar-refractivity contribution >= 4 is 33.7 Å². The summed E-state index contributed by atoms with van der Waals surface area (Å²) in [5, 5.41) is 18.8. The van der Waals surface area contributed by atoms with Gasteiger partial charge < -0.3 is 5.11 Å². The molecule has 0 atom stereocenters. The minimum atomic E-state index is -1.19. The molecule has 0 aliphatic heterocycles. The van der Waals surface area contributed by atoms with Gasteiger partial charge in [0, 0.05) is 12.1 Å². The van der Waals surface area contributed by atoms with Crippen LogP contribution in [0.15, 0.2) is 22.7 Å². The molecule has 0 aliphatic rings. The van der Waals surface area contributed by atoms with Gasteiger partial charge in [-0.1, -0.05) is 0 Å². The van der Waals surface area contributed by atoms with E-state index in [2.05, 4.69) is 15.9 Å². The van der Waals surface area contributed by atoms with Crippen LogP contribution in [0, 0.1) is 15.9 Å². The van der Waals surface area contributed by atoms with Gasteiger partial charge in [-0.25, -0.2) is 4.79 Å². The average Bonchev–Trinajstić information content (AvgIpc) is 2.19. The van der Waals surface area contributed by atoms with E-state index in [9.17, 15) is 19.3 Å². The Bertz CT molecular complexity index is 487. The molecule has 1 aromatic carbocycles. The molecule has 1 rings (SSSR count). The lowest BCUT2D eigenvalue weighted by Crippen LogP contribution is -1.95. The maximum atomic E-state index is 13.4. The molecule has 0 aliphatic carbocycles. The molecule has 0 heterocycles. The standard InChI is InChI=1S/C9H5BrFNO4/c10-8-5(2-4-7(13)14)1-3-6(9(8)11)12(15)16/h1-4H,(H,13,14)/b4-2+. The van der Waals surface area contributed by atoms with E-state index in [1.54, 1.807) is 0 Å².